The van der Waals surface area contributed by atoms with Crippen molar-refractivity contribution < 1.29 is 9.47 Å². The smallest absolute Gasteiger partial charge is 0.0838 e. The summed E-state index contributed by atoms with van der Waals surface area (Å²) in [6.45, 7) is 8.20. The van der Waals surface area contributed by atoms with Gasteiger partial charge in [-0.05, 0) is 44.6 Å². The quantitative estimate of drug-likeness (QED) is 0.791. The van der Waals surface area contributed by atoms with Gasteiger partial charge in [0.05, 0.1) is 18.3 Å². The highest BCUT2D eigenvalue weighted by Crippen LogP contribution is 2.37. The van der Waals surface area contributed by atoms with Crippen LogP contribution in [0.4, 0.5) is 0 Å². The molecule has 0 aromatic carbocycles. The Labute approximate surface area is 112 Å². The largest absolute Gasteiger partial charge is 0.379 e. The summed E-state index contributed by atoms with van der Waals surface area (Å²) in [6, 6.07) is 0. The van der Waals surface area contributed by atoms with Crippen LogP contribution in [0.5, 0.6) is 0 Å². The van der Waals surface area contributed by atoms with Gasteiger partial charge in [-0.25, -0.2) is 0 Å². The molecule has 1 N–H and O–H groups in total. The van der Waals surface area contributed by atoms with Crippen molar-refractivity contribution in [1.82, 2.24) is 5.32 Å². The lowest BCUT2D eigenvalue weighted by molar-refractivity contribution is -0.117. The average Bonchev–Trinajstić information content (AvgIpc) is 2.90. The van der Waals surface area contributed by atoms with Gasteiger partial charge in [0.2, 0.25) is 0 Å². The first kappa shape index (κ1) is 14.3. The fourth-order valence-electron chi connectivity index (χ4n) is 3.26. The van der Waals surface area contributed by atoms with E-state index in [0.29, 0.717) is 6.10 Å². The first-order valence-electron chi connectivity index (χ1n) is 7.74. The van der Waals surface area contributed by atoms with Gasteiger partial charge in [-0.2, -0.15) is 0 Å². The van der Waals surface area contributed by atoms with E-state index in [1.54, 1.807) is 0 Å². The van der Waals surface area contributed by atoms with Crippen LogP contribution in [-0.4, -0.2) is 38.0 Å². The molecule has 0 aromatic heterocycles. The van der Waals surface area contributed by atoms with Crippen LogP contribution >= 0.6 is 0 Å². The third-order valence-electron chi connectivity index (χ3n) is 4.60. The highest BCUT2D eigenvalue weighted by atomic mass is 16.6. The predicted octanol–water partition coefficient (Wildman–Crippen LogP) is 2.74. The SMILES string of the molecule is CCNCC1(OC2CCOC2)CCC(CC)CC1. The lowest BCUT2D eigenvalue weighted by Crippen LogP contribution is -2.48. The summed E-state index contributed by atoms with van der Waals surface area (Å²) in [5.74, 6) is 0.920. The van der Waals surface area contributed by atoms with Gasteiger partial charge in [0.1, 0.15) is 0 Å². The third kappa shape index (κ3) is 3.69. The molecule has 0 bridgehead atoms. The van der Waals surface area contributed by atoms with Gasteiger partial charge in [0, 0.05) is 13.2 Å². The van der Waals surface area contributed by atoms with Crippen molar-refractivity contribution in [3.8, 4) is 0 Å². The third-order valence-corrected chi connectivity index (χ3v) is 4.60. The topological polar surface area (TPSA) is 30.5 Å². The zero-order valence-corrected chi connectivity index (χ0v) is 12.0. The molecule has 1 aliphatic heterocycles. The van der Waals surface area contributed by atoms with Crippen molar-refractivity contribution in [2.45, 2.75) is 64.1 Å². The second kappa shape index (κ2) is 6.88. The average molecular weight is 255 g/mol. The highest BCUT2D eigenvalue weighted by molar-refractivity contribution is 4.90. The van der Waals surface area contributed by atoms with Crippen LogP contribution in [0.1, 0.15) is 52.4 Å². The Bertz CT molecular complexity index is 231. The lowest BCUT2D eigenvalue weighted by Gasteiger charge is -2.41. The molecule has 0 aromatic rings. The van der Waals surface area contributed by atoms with Crippen molar-refractivity contribution >= 4 is 0 Å². The maximum atomic E-state index is 6.45. The summed E-state index contributed by atoms with van der Waals surface area (Å²) in [7, 11) is 0. The molecule has 2 rings (SSSR count). The molecule has 1 heterocycles. The Morgan fingerprint density at radius 2 is 2.00 bits per heavy atom. The summed E-state index contributed by atoms with van der Waals surface area (Å²) >= 11 is 0. The van der Waals surface area contributed by atoms with E-state index in [0.717, 1.165) is 38.6 Å². The van der Waals surface area contributed by atoms with Gasteiger partial charge in [-0.15, -0.1) is 0 Å². The Morgan fingerprint density at radius 1 is 1.22 bits per heavy atom. The summed E-state index contributed by atoms with van der Waals surface area (Å²) in [4.78, 5) is 0. The standard InChI is InChI=1S/C15H29NO2/c1-3-13-5-8-15(9-6-13,12-16-4-2)18-14-7-10-17-11-14/h13-14,16H,3-12H2,1-2H3. The highest BCUT2D eigenvalue weighted by Gasteiger charge is 2.38. The predicted molar refractivity (Wildman–Crippen MR) is 73.8 cm³/mol. The molecule has 1 unspecified atom stereocenters. The van der Waals surface area contributed by atoms with E-state index in [9.17, 15) is 0 Å². The van der Waals surface area contributed by atoms with Crippen LogP contribution in [0.15, 0.2) is 0 Å². The first-order chi connectivity index (χ1) is 8.78. The molecule has 2 fully saturated rings. The summed E-state index contributed by atoms with van der Waals surface area (Å²) in [6.07, 6.45) is 7.82. The Morgan fingerprint density at radius 3 is 2.56 bits per heavy atom. The molecule has 1 atom stereocenters. The van der Waals surface area contributed by atoms with Gasteiger partial charge in [-0.1, -0.05) is 20.3 Å². The summed E-state index contributed by atoms with van der Waals surface area (Å²) < 4.78 is 11.9. The number of likely N-dealkylation sites (N-methyl/N-ethyl adjacent to an activating group) is 1. The fraction of sp³-hybridized carbons (Fsp3) is 1.00. The van der Waals surface area contributed by atoms with Gasteiger partial charge < -0.3 is 14.8 Å². The van der Waals surface area contributed by atoms with E-state index < -0.39 is 0 Å². The zero-order valence-electron chi connectivity index (χ0n) is 12.0. The molecule has 106 valence electrons. The molecular formula is C15H29NO2. The minimum atomic E-state index is 0.0834. The van der Waals surface area contributed by atoms with E-state index >= 15 is 0 Å². The van der Waals surface area contributed by atoms with Crippen LogP contribution in [0.3, 0.4) is 0 Å². The van der Waals surface area contributed by atoms with E-state index in [2.05, 4.69) is 19.2 Å². The molecule has 1 aliphatic carbocycles. The van der Waals surface area contributed by atoms with E-state index in [-0.39, 0.29) is 5.60 Å². The van der Waals surface area contributed by atoms with Gasteiger partial charge in [-0.3, -0.25) is 0 Å². The first-order valence-corrected chi connectivity index (χ1v) is 7.74. The normalized spacial score (nSPS) is 37.0. The van der Waals surface area contributed by atoms with Gasteiger partial charge in [0.15, 0.2) is 0 Å². The minimum absolute atomic E-state index is 0.0834. The van der Waals surface area contributed by atoms with Crippen molar-refractivity contribution in [2.24, 2.45) is 5.92 Å². The van der Waals surface area contributed by atoms with Crippen molar-refractivity contribution in [1.29, 1.82) is 0 Å². The van der Waals surface area contributed by atoms with Crippen LogP contribution in [-0.2, 0) is 9.47 Å². The molecule has 2 aliphatic rings. The van der Waals surface area contributed by atoms with Crippen LogP contribution < -0.4 is 5.32 Å². The number of nitrogens with one attached hydrogen (secondary N) is 1. The van der Waals surface area contributed by atoms with Gasteiger partial charge >= 0.3 is 0 Å². The molecule has 0 radical (unpaired) electrons. The molecule has 1 saturated heterocycles. The van der Waals surface area contributed by atoms with Crippen molar-refractivity contribution in [2.75, 3.05) is 26.3 Å². The van der Waals surface area contributed by atoms with E-state index in [1.165, 1.54) is 32.1 Å². The van der Waals surface area contributed by atoms with Crippen molar-refractivity contribution in [3.05, 3.63) is 0 Å². The monoisotopic (exact) mass is 255 g/mol. The number of ether oxygens (including phenoxy) is 2. The maximum Gasteiger partial charge on any atom is 0.0838 e. The van der Waals surface area contributed by atoms with E-state index in [1.807, 2.05) is 0 Å². The van der Waals surface area contributed by atoms with Crippen LogP contribution in [0.25, 0.3) is 0 Å². The second-order valence-electron chi connectivity index (χ2n) is 5.92. The molecule has 0 amide bonds. The fourth-order valence-corrected chi connectivity index (χ4v) is 3.26. The zero-order chi connectivity index (χ0) is 12.8. The van der Waals surface area contributed by atoms with E-state index in [4.69, 9.17) is 9.47 Å². The summed E-state index contributed by atoms with van der Waals surface area (Å²) in [5, 5.41) is 3.50. The van der Waals surface area contributed by atoms with Gasteiger partial charge in [0.25, 0.3) is 0 Å². The van der Waals surface area contributed by atoms with Crippen LogP contribution in [0.2, 0.25) is 0 Å². The Kier molecular flexibility index (Phi) is 5.46. The Hall–Kier alpha value is -0.120. The maximum absolute atomic E-state index is 6.45. The summed E-state index contributed by atoms with van der Waals surface area (Å²) in [5.41, 5.74) is 0.0834. The number of rotatable bonds is 6. The molecule has 3 heteroatoms. The van der Waals surface area contributed by atoms with Crippen molar-refractivity contribution in [3.63, 3.8) is 0 Å². The number of hydrogen-bond donors (Lipinski definition) is 1. The Balaban J connectivity index is 1.90. The molecule has 0 spiro atoms. The molecule has 3 nitrogen and oxygen atoms in total. The molecule has 18 heavy (non-hydrogen) atoms. The number of hydrogen-bond acceptors (Lipinski definition) is 3. The molecular weight excluding hydrogens is 226 g/mol. The minimum Gasteiger partial charge on any atom is -0.379 e. The van der Waals surface area contributed by atoms with Crippen LogP contribution in [0, 0.1) is 5.92 Å². The lowest BCUT2D eigenvalue weighted by atomic mass is 9.77. The second-order valence-corrected chi connectivity index (χ2v) is 5.92. The molecule has 1 saturated carbocycles.